The van der Waals surface area contributed by atoms with Gasteiger partial charge in [0.1, 0.15) is 0 Å². The number of methoxy groups -OCH3 is 1. The molecule has 0 aliphatic carbocycles. The molecule has 0 N–H and O–H groups in total. The van der Waals surface area contributed by atoms with Gasteiger partial charge in [-0.05, 0) is 30.5 Å². The molecule has 0 saturated heterocycles. The molecular formula is C15H22FNO2. The molecule has 0 saturated carbocycles. The van der Waals surface area contributed by atoms with Gasteiger partial charge in [0.25, 0.3) is 0 Å². The second-order valence-electron chi connectivity index (χ2n) is 4.68. The van der Waals surface area contributed by atoms with Crippen LogP contribution in [0.2, 0.25) is 0 Å². The van der Waals surface area contributed by atoms with Crippen LogP contribution in [0.5, 0.6) is 5.75 Å². The molecule has 4 heteroatoms. The van der Waals surface area contributed by atoms with Crippen molar-refractivity contribution in [2.75, 3.05) is 14.2 Å². The van der Waals surface area contributed by atoms with Crippen LogP contribution in [0, 0.1) is 11.7 Å². The van der Waals surface area contributed by atoms with Gasteiger partial charge in [-0.15, -0.1) is 0 Å². The first-order valence-electron chi connectivity index (χ1n) is 6.60. The highest BCUT2D eigenvalue weighted by molar-refractivity contribution is 5.78. The molecule has 19 heavy (non-hydrogen) atoms. The third-order valence-electron chi connectivity index (χ3n) is 3.35. The summed E-state index contributed by atoms with van der Waals surface area (Å²) in [6.07, 6.45) is 1.66. The van der Waals surface area contributed by atoms with Gasteiger partial charge in [-0.25, -0.2) is 4.39 Å². The van der Waals surface area contributed by atoms with E-state index >= 15 is 0 Å². The standard InChI is InChI=1S/C15H22FNO2/c1-5-12(6-2)15(18)17(3)10-11-7-8-14(19-4)13(16)9-11/h7-9,12H,5-6,10H2,1-4H3. The SMILES string of the molecule is CCC(CC)C(=O)N(C)Cc1ccc(OC)c(F)c1. The van der Waals surface area contributed by atoms with Gasteiger partial charge in [-0.2, -0.15) is 0 Å². The first kappa shape index (κ1) is 15.5. The Morgan fingerprint density at radius 3 is 2.47 bits per heavy atom. The second-order valence-corrected chi connectivity index (χ2v) is 4.68. The van der Waals surface area contributed by atoms with Gasteiger partial charge >= 0.3 is 0 Å². The molecule has 0 aromatic heterocycles. The molecular weight excluding hydrogens is 245 g/mol. The third-order valence-corrected chi connectivity index (χ3v) is 3.35. The van der Waals surface area contributed by atoms with Crippen LogP contribution < -0.4 is 4.74 Å². The summed E-state index contributed by atoms with van der Waals surface area (Å²) in [6, 6.07) is 4.77. The average Bonchev–Trinajstić information content (AvgIpc) is 2.40. The largest absolute Gasteiger partial charge is 0.494 e. The highest BCUT2D eigenvalue weighted by atomic mass is 19.1. The van der Waals surface area contributed by atoms with Crippen LogP contribution in [-0.2, 0) is 11.3 Å². The zero-order valence-electron chi connectivity index (χ0n) is 12.1. The summed E-state index contributed by atoms with van der Waals surface area (Å²) < 4.78 is 18.4. The van der Waals surface area contributed by atoms with Gasteiger partial charge in [-0.3, -0.25) is 4.79 Å². The summed E-state index contributed by atoms with van der Waals surface area (Å²) >= 11 is 0. The molecule has 106 valence electrons. The Bertz CT molecular complexity index is 430. The monoisotopic (exact) mass is 267 g/mol. The van der Waals surface area contributed by atoms with Crippen LogP contribution in [0.1, 0.15) is 32.3 Å². The minimum Gasteiger partial charge on any atom is -0.494 e. The number of hydrogen-bond donors (Lipinski definition) is 0. The van der Waals surface area contributed by atoms with Crippen LogP contribution in [0.15, 0.2) is 18.2 Å². The summed E-state index contributed by atoms with van der Waals surface area (Å²) in [7, 11) is 3.18. The minimum atomic E-state index is -0.400. The van der Waals surface area contributed by atoms with Crippen molar-refractivity contribution in [2.24, 2.45) is 5.92 Å². The van der Waals surface area contributed by atoms with E-state index in [1.165, 1.54) is 13.2 Å². The lowest BCUT2D eigenvalue weighted by molar-refractivity contribution is -0.134. The fourth-order valence-corrected chi connectivity index (χ4v) is 2.11. The van der Waals surface area contributed by atoms with Gasteiger partial charge in [0, 0.05) is 19.5 Å². The average molecular weight is 267 g/mol. The van der Waals surface area contributed by atoms with E-state index in [1.807, 2.05) is 13.8 Å². The maximum atomic E-state index is 13.6. The van der Waals surface area contributed by atoms with E-state index in [4.69, 9.17) is 4.74 Å². The zero-order chi connectivity index (χ0) is 14.4. The summed E-state index contributed by atoms with van der Waals surface area (Å²) in [4.78, 5) is 13.8. The van der Waals surface area contributed by atoms with Gasteiger partial charge < -0.3 is 9.64 Å². The van der Waals surface area contributed by atoms with E-state index in [1.54, 1.807) is 24.1 Å². The number of rotatable bonds is 6. The van der Waals surface area contributed by atoms with Crippen molar-refractivity contribution in [2.45, 2.75) is 33.2 Å². The lowest BCUT2D eigenvalue weighted by Gasteiger charge is -2.22. The maximum Gasteiger partial charge on any atom is 0.225 e. The molecule has 0 spiro atoms. The number of benzene rings is 1. The van der Waals surface area contributed by atoms with E-state index in [9.17, 15) is 9.18 Å². The molecule has 1 rings (SSSR count). The minimum absolute atomic E-state index is 0.0492. The molecule has 0 atom stereocenters. The second kappa shape index (κ2) is 7.12. The maximum absolute atomic E-state index is 13.6. The fourth-order valence-electron chi connectivity index (χ4n) is 2.11. The first-order chi connectivity index (χ1) is 9.03. The number of ether oxygens (including phenoxy) is 1. The van der Waals surface area contributed by atoms with E-state index in [2.05, 4.69) is 0 Å². The predicted octanol–water partition coefficient (Wildman–Crippen LogP) is 3.23. The Labute approximate surface area is 114 Å². The van der Waals surface area contributed by atoms with E-state index < -0.39 is 5.82 Å². The van der Waals surface area contributed by atoms with Crippen LogP contribution in [0.25, 0.3) is 0 Å². The quantitative estimate of drug-likeness (QED) is 0.792. The highest BCUT2D eigenvalue weighted by Crippen LogP contribution is 2.19. The lowest BCUT2D eigenvalue weighted by Crippen LogP contribution is -2.32. The van der Waals surface area contributed by atoms with E-state index in [-0.39, 0.29) is 17.6 Å². The van der Waals surface area contributed by atoms with Gasteiger partial charge in [-0.1, -0.05) is 19.9 Å². The number of carbonyl (C=O) groups excluding carboxylic acids is 1. The number of amides is 1. The van der Waals surface area contributed by atoms with Crippen molar-refractivity contribution in [1.82, 2.24) is 4.90 Å². The van der Waals surface area contributed by atoms with Crippen molar-refractivity contribution in [3.05, 3.63) is 29.6 Å². The lowest BCUT2D eigenvalue weighted by atomic mass is 10.0. The van der Waals surface area contributed by atoms with Gasteiger partial charge in [0.15, 0.2) is 11.6 Å². The summed E-state index contributed by atoms with van der Waals surface area (Å²) in [5.74, 6) is -0.0181. The Morgan fingerprint density at radius 2 is 2.00 bits per heavy atom. The van der Waals surface area contributed by atoms with E-state index in [0.717, 1.165) is 18.4 Å². The molecule has 0 aliphatic heterocycles. The van der Waals surface area contributed by atoms with Crippen LogP contribution in [0.4, 0.5) is 4.39 Å². The van der Waals surface area contributed by atoms with Crippen LogP contribution >= 0.6 is 0 Å². The van der Waals surface area contributed by atoms with Crippen molar-refractivity contribution in [3.63, 3.8) is 0 Å². The fraction of sp³-hybridized carbons (Fsp3) is 0.533. The number of hydrogen-bond acceptors (Lipinski definition) is 2. The Hall–Kier alpha value is -1.58. The van der Waals surface area contributed by atoms with Gasteiger partial charge in [0.2, 0.25) is 5.91 Å². The van der Waals surface area contributed by atoms with Crippen molar-refractivity contribution in [3.8, 4) is 5.75 Å². The molecule has 1 aromatic rings. The zero-order valence-corrected chi connectivity index (χ0v) is 12.1. The molecule has 0 radical (unpaired) electrons. The third kappa shape index (κ3) is 3.94. The number of carbonyl (C=O) groups is 1. The molecule has 0 heterocycles. The predicted molar refractivity (Wildman–Crippen MR) is 73.5 cm³/mol. The Morgan fingerprint density at radius 1 is 1.37 bits per heavy atom. The summed E-state index contributed by atoms with van der Waals surface area (Å²) in [6.45, 7) is 4.43. The molecule has 0 fully saturated rings. The molecule has 0 bridgehead atoms. The molecule has 3 nitrogen and oxygen atoms in total. The van der Waals surface area contributed by atoms with Gasteiger partial charge in [0.05, 0.1) is 7.11 Å². The normalized spacial score (nSPS) is 10.6. The van der Waals surface area contributed by atoms with Crippen molar-refractivity contribution in [1.29, 1.82) is 0 Å². The number of halogens is 1. The topological polar surface area (TPSA) is 29.5 Å². The highest BCUT2D eigenvalue weighted by Gasteiger charge is 2.18. The molecule has 0 unspecified atom stereocenters. The number of nitrogens with zero attached hydrogens (tertiary/aromatic N) is 1. The molecule has 1 amide bonds. The van der Waals surface area contributed by atoms with E-state index in [0.29, 0.717) is 6.54 Å². The van der Waals surface area contributed by atoms with Crippen LogP contribution in [-0.4, -0.2) is 25.0 Å². The van der Waals surface area contributed by atoms with Crippen molar-refractivity contribution < 1.29 is 13.9 Å². The Balaban J connectivity index is 2.74. The smallest absolute Gasteiger partial charge is 0.225 e. The molecule has 1 aromatic carbocycles. The van der Waals surface area contributed by atoms with Crippen LogP contribution in [0.3, 0.4) is 0 Å². The Kier molecular flexibility index (Phi) is 5.80. The van der Waals surface area contributed by atoms with Crippen molar-refractivity contribution >= 4 is 5.91 Å². The first-order valence-corrected chi connectivity index (χ1v) is 6.60. The summed E-state index contributed by atoms with van der Waals surface area (Å²) in [5, 5.41) is 0. The summed E-state index contributed by atoms with van der Waals surface area (Å²) in [5.41, 5.74) is 0.764. The molecule has 0 aliphatic rings.